The van der Waals surface area contributed by atoms with Crippen molar-refractivity contribution in [1.82, 2.24) is 10.6 Å². The molecule has 0 spiro atoms. The molecule has 0 saturated heterocycles. The first-order valence-corrected chi connectivity index (χ1v) is 9.04. The first-order chi connectivity index (χ1) is 12.3. The van der Waals surface area contributed by atoms with Crippen molar-refractivity contribution in [3.8, 4) is 11.5 Å². The maximum Gasteiger partial charge on any atom is 0.191 e. The van der Waals surface area contributed by atoms with Crippen LogP contribution in [0.1, 0.15) is 37.7 Å². The van der Waals surface area contributed by atoms with Gasteiger partial charge in [0.05, 0.1) is 20.3 Å². The van der Waals surface area contributed by atoms with Crippen molar-refractivity contribution in [2.45, 2.75) is 44.8 Å². The molecule has 140 valence electrons. The first-order valence-electron chi connectivity index (χ1n) is 9.04. The summed E-state index contributed by atoms with van der Waals surface area (Å²) in [5.41, 5.74) is 1.10. The number of nitrogens with one attached hydrogen (secondary N) is 2. The van der Waals surface area contributed by atoms with Gasteiger partial charge in [0, 0.05) is 26.7 Å². The van der Waals surface area contributed by atoms with Gasteiger partial charge in [-0.2, -0.15) is 0 Å². The van der Waals surface area contributed by atoms with Gasteiger partial charge in [0.15, 0.2) is 17.5 Å². The highest BCUT2D eigenvalue weighted by molar-refractivity contribution is 5.79. The van der Waals surface area contributed by atoms with Crippen LogP contribution in [0.5, 0.6) is 11.5 Å². The summed E-state index contributed by atoms with van der Waals surface area (Å²) < 4.78 is 16.5. The highest BCUT2D eigenvalue weighted by Crippen LogP contribution is 2.27. The van der Waals surface area contributed by atoms with E-state index in [1.165, 1.54) is 25.7 Å². The van der Waals surface area contributed by atoms with Crippen molar-refractivity contribution in [1.29, 1.82) is 0 Å². The van der Waals surface area contributed by atoms with Gasteiger partial charge in [-0.1, -0.05) is 18.9 Å². The molecule has 0 atom stereocenters. The molecule has 0 heterocycles. The van der Waals surface area contributed by atoms with Crippen LogP contribution in [0, 0.1) is 0 Å². The van der Waals surface area contributed by atoms with E-state index >= 15 is 0 Å². The Morgan fingerprint density at radius 1 is 1.12 bits per heavy atom. The SMILES string of the molecule is CN=C(NCCCOC1CCCC1)NCc1ccc(OC)c(OC)c1. The van der Waals surface area contributed by atoms with Crippen LogP contribution in [-0.4, -0.2) is 46.5 Å². The molecule has 1 saturated carbocycles. The summed E-state index contributed by atoms with van der Waals surface area (Å²) in [6.45, 7) is 2.32. The van der Waals surface area contributed by atoms with Crippen LogP contribution in [0.4, 0.5) is 0 Å². The Kier molecular flexibility index (Phi) is 8.39. The molecule has 25 heavy (non-hydrogen) atoms. The largest absolute Gasteiger partial charge is 0.493 e. The average molecular weight is 349 g/mol. The third-order valence-corrected chi connectivity index (χ3v) is 4.40. The fourth-order valence-electron chi connectivity index (χ4n) is 2.98. The average Bonchev–Trinajstić information content (AvgIpc) is 3.17. The quantitative estimate of drug-likeness (QED) is 0.408. The second kappa shape index (κ2) is 10.8. The summed E-state index contributed by atoms with van der Waals surface area (Å²) >= 11 is 0. The highest BCUT2D eigenvalue weighted by atomic mass is 16.5. The lowest BCUT2D eigenvalue weighted by molar-refractivity contribution is 0.0574. The van der Waals surface area contributed by atoms with E-state index in [-0.39, 0.29) is 0 Å². The predicted molar refractivity (Wildman–Crippen MR) is 101 cm³/mol. The van der Waals surface area contributed by atoms with Crippen LogP contribution in [0.2, 0.25) is 0 Å². The van der Waals surface area contributed by atoms with Crippen LogP contribution in [-0.2, 0) is 11.3 Å². The van der Waals surface area contributed by atoms with Crippen molar-refractivity contribution in [2.75, 3.05) is 34.4 Å². The van der Waals surface area contributed by atoms with Crippen LogP contribution in [0.3, 0.4) is 0 Å². The Hall–Kier alpha value is -1.95. The molecule has 6 nitrogen and oxygen atoms in total. The predicted octanol–water partition coefficient (Wildman–Crippen LogP) is 2.72. The zero-order valence-electron chi connectivity index (χ0n) is 15.6. The minimum absolute atomic E-state index is 0.488. The molecule has 2 rings (SSSR count). The molecule has 0 aromatic heterocycles. The van der Waals surface area contributed by atoms with Gasteiger partial charge >= 0.3 is 0 Å². The standard InChI is InChI=1S/C19H31N3O3/c1-20-19(21-11-6-12-25-16-7-4-5-8-16)22-14-15-9-10-17(23-2)18(13-15)24-3/h9-10,13,16H,4-8,11-12,14H2,1-3H3,(H2,20,21,22). The van der Waals surface area contributed by atoms with E-state index in [1.807, 2.05) is 18.2 Å². The van der Waals surface area contributed by atoms with Crippen LogP contribution >= 0.6 is 0 Å². The smallest absolute Gasteiger partial charge is 0.191 e. The van der Waals surface area contributed by atoms with Crippen molar-refractivity contribution >= 4 is 5.96 Å². The summed E-state index contributed by atoms with van der Waals surface area (Å²) in [4.78, 5) is 4.25. The number of methoxy groups -OCH3 is 2. The zero-order chi connectivity index (χ0) is 17.9. The van der Waals surface area contributed by atoms with E-state index in [9.17, 15) is 0 Å². The molecule has 2 N–H and O–H groups in total. The van der Waals surface area contributed by atoms with Gasteiger partial charge in [-0.15, -0.1) is 0 Å². The van der Waals surface area contributed by atoms with Gasteiger partial charge in [-0.25, -0.2) is 0 Å². The maximum absolute atomic E-state index is 5.87. The van der Waals surface area contributed by atoms with Crippen molar-refractivity contribution in [3.05, 3.63) is 23.8 Å². The maximum atomic E-state index is 5.87. The Labute approximate surface area is 151 Å². The molecule has 0 radical (unpaired) electrons. The summed E-state index contributed by atoms with van der Waals surface area (Å²) in [5.74, 6) is 2.25. The van der Waals surface area contributed by atoms with E-state index in [4.69, 9.17) is 14.2 Å². The van der Waals surface area contributed by atoms with Crippen LogP contribution in [0.25, 0.3) is 0 Å². The van der Waals surface area contributed by atoms with Gasteiger partial charge in [0.2, 0.25) is 0 Å². The number of hydrogen-bond donors (Lipinski definition) is 2. The zero-order valence-corrected chi connectivity index (χ0v) is 15.6. The van der Waals surface area contributed by atoms with Gasteiger partial charge in [0.1, 0.15) is 0 Å². The van der Waals surface area contributed by atoms with Crippen LogP contribution < -0.4 is 20.1 Å². The minimum Gasteiger partial charge on any atom is -0.493 e. The Bertz CT molecular complexity index is 543. The van der Waals surface area contributed by atoms with Gasteiger partial charge in [0.25, 0.3) is 0 Å². The normalized spacial score (nSPS) is 15.2. The molecular formula is C19H31N3O3. The van der Waals surface area contributed by atoms with E-state index < -0.39 is 0 Å². The van der Waals surface area contributed by atoms with E-state index in [2.05, 4.69) is 15.6 Å². The number of aliphatic imine (C=N–C) groups is 1. The lowest BCUT2D eigenvalue weighted by atomic mass is 10.2. The topological polar surface area (TPSA) is 64.1 Å². The molecule has 1 aromatic carbocycles. The summed E-state index contributed by atoms with van der Waals surface area (Å²) in [6, 6.07) is 5.89. The first kappa shape index (κ1) is 19.4. The third-order valence-electron chi connectivity index (χ3n) is 4.40. The van der Waals surface area contributed by atoms with Gasteiger partial charge in [-0.3, -0.25) is 4.99 Å². The molecule has 0 bridgehead atoms. The number of guanidine groups is 1. The summed E-state index contributed by atoms with van der Waals surface area (Å²) in [6.07, 6.45) is 6.55. The Morgan fingerprint density at radius 2 is 1.88 bits per heavy atom. The molecule has 6 heteroatoms. The highest BCUT2D eigenvalue weighted by Gasteiger charge is 2.14. The number of nitrogens with zero attached hydrogens (tertiary/aromatic N) is 1. The molecule has 1 aliphatic rings. The number of benzene rings is 1. The molecule has 0 aliphatic heterocycles. The monoisotopic (exact) mass is 349 g/mol. The Balaban J connectivity index is 1.67. The van der Waals surface area contributed by atoms with Crippen molar-refractivity contribution in [2.24, 2.45) is 4.99 Å². The number of rotatable bonds is 9. The van der Waals surface area contributed by atoms with E-state index in [0.29, 0.717) is 12.6 Å². The van der Waals surface area contributed by atoms with E-state index in [1.54, 1.807) is 21.3 Å². The van der Waals surface area contributed by atoms with Crippen molar-refractivity contribution < 1.29 is 14.2 Å². The summed E-state index contributed by atoms with van der Waals surface area (Å²) in [5, 5.41) is 6.63. The lowest BCUT2D eigenvalue weighted by Gasteiger charge is -2.14. The number of hydrogen-bond acceptors (Lipinski definition) is 4. The second-order valence-corrected chi connectivity index (χ2v) is 6.17. The fraction of sp³-hybridized carbons (Fsp3) is 0.632. The lowest BCUT2D eigenvalue weighted by Crippen LogP contribution is -2.37. The molecule has 1 fully saturated rings. The van der Waals surface area contributed by atoms with E-state index in [0.717, 1.165) is 42.6 Å². The van der Waals surface area contributed by atoms with Gasteiger partial charge < -0.3 is 24.8 Å². The molecular weight excluding hydrogens is 318 g/mol. The number of ether oxygens (including phenoxy) is 3. The summed E-state index contributed by atoms with van der Waals surface area (Å²) in [7, 11) is 5.06. The van der Waals surface area contributed by atoms with Gasteiger partial charge in [-0.05, 0) is 37.0 Å². The Morgan fingerprint density at radius 3 is 2.56 bits per heavy atom. The molecule has 0 amide bonds. The van der Waals surface area contributed by atoms with Crippen molar-refractivity contribution in [3.63, 3.8) is 0 Å². The fourth-order valence-corrected chi connectivity index (χ4v) is 2.98. The third kappa shape index (κ3) is 6.46. The van der Waals surface area contributed by atoms with Crippen LogP contribution in [0.15, 0.2) is 23.2 Å². The molecule has 1 aliphatic carbocycles. The molecule has 0 unspecified atom stereocenters. The second-order valence-electron chi connectivity index (χ2n) is 6.17. The molecule has 1 aromatic rings. The minimum atomic E-state index is 0.488.